The fourth-order valence-electron chi connectivity index (χ4n) is 2.41. The summed E-state index contributed by atoms with van der Waals surface area (Å²) in [6, 6.07) is 7.87. The number of hydrogen-bond acceptors (Lipinski definition) is 1. The van der Waals surface area contributed by atoms with Gasteiger partial charge in [-0.1, -0.05) is 44.2 Å². The van der Waals surface area contributed by atoms with E-state index in [0.717, 1.165) is 30.3 Å². The maximum Gasteiger partial charge on any atom is 0.150 e. The second kappa shape index (κ2) is 4.25. The van der Waals surface area contributed by atoms with E-state index in [1.54, 1.807) is 0 Å². The van der Waals surface area contributed by atoms with Gasteiger partial charge in [-0.15, -0.1) is 0 Å². The van der Waals surface area contributed by atoms with Crippen LogP contribution >= 0.6 is 0 Å². The minimum absolute atomic E-state index is 0.361. The van der Waals surface area contributed by atoms with Crippen molar-refractivity contribution in [2.24, 2.45) is 5.41 Å². The van der Waals surface area contributed by atoms with E-state index in [9.17, 15) is 4.79 Å². The van der Waals surface area contributed by atoms with Gasteiger partial charge in [0.1, 0.15) is 0 Å². The van der Waals surface area contributed by atoms with E-state index in [1.807, 2.05) is 18.2 Å². The molecule has 16 heavy (non-hydrogen) atoms. The third kappa shape index (κ3) is 2.24. The zero-order valence-electron chi connectivity index (χ0n) is 9.99. The summed E-state index contributed by atoms with van der Waals surface area (Å²) in [5.41, 5.74) is 3.62. The van der Waals surface area contributed by atoms with Crippen molar-refractivity contribution >= 4 is 11.9 Å². The molecule has 84 valence electrons. The van der Waals surface area contributed by atoms with Gasteiger partial charge in [0, 0.05) is 5.56 Å². The van der Waals surface area contributed by atoms with E-state index in [-0.39, 0.29) is 0 Å². The Balaban J connectivity index is 2.37. The van der Waals surface area contributed by atoms with Crippen LogP contribution in [0.2, 0.25) is 0 Å². The van der Waals surface area contributed by atoms with Gasteiger partial charge in [-0.3, -0.25) is 4.79 Å². The zero-order chi connectivity index (χ0) is 11.6. The van der Waals surface area contributed by atoms with Gasteiger partial charge >= 0.3 is 0 Å². The van der Waals surface area contributed by atoms with Gasteiger partial charge in [-0.2, -0.15) is 0 Å². The lowest BCUT2D eigenvalue weighted by molar-refractivity contribution is 0.112. The molecule has 0 saturated heterocycles. The fraction of sp³-hybridized carbons (Fsp3) is 0.400. The third-order valence-corrected chi connectivity index (χ3v) is 3.31. The molecule has 2 rings (SSSR count). The van der Waals surface area contributed by atoms with Gasteiger partial charge in [-0.25, -0.2) is 0 Å². The number of allylic oxidation sites excluding steroid dienone is 2. The average molecular weight is 214 g/mol. The van der Waals surface area contributed by atoms with Crippen molar-refractivity contribution in [3.05, 3.63) is 41.5 Å². The van der Waals surface area contributed by atoms with Crippen molar-refractivity contribution in [3.63, 3.8) is 0 Å². The van der Waals surface area contributed by atoms with Crippen LogP contribution in [0.3, 0.4) is 0 Å². The minimum atomic E-state index is 0.361. The average Bonchev–Trinajstić information content (AvgIpc) is 2.27. The molecule has 0 N–H and O–H groups in total. The quantitative estimate of drug-likeness (QED) is 0.677. The summed E-state index contributed by atoms with van der Waals surface area (Å²) in [6.07, 6.45) is 6.67. The highest BCUT2D eigenvalue weighted by atomic mass is 16.1. The summed E-state index contributed by atoms with van der Waals surface area (Å²) in [5, 5.41) is 0. The lowest BCUT2D eigenvalue weighted by atomic mass is 9.75. The lowest BCUT2D eigenvalue weighted by Gasteiger charge is -2.30. The highest BCUT2D eigenvalue weighted by Crippen LogP contribution is 2.39. The number of benzene rings is 1. The van der Waals surface area contributed by atoms with Crippen molar-refractivity contribution in [2.45, 2.75) is 33.1 Å². The van der Waals surface area contributed by atoms with Gasteiger partial charge in [0.25, 0.3) is 0 Å². The normalized spacial score (nSPS) is 19.0. The summed E-state index contributed by atoms with van der Waals surface area (Å²) < 4.78 is 0. The fourth-order valence-corrected chi connectivity index (χ4v) is 2.41. The van der Waals surface area contributed by atoms with Crippen LogP contribution in [-0.2, 0) is 0 Å². The predicted octanol–water partition coefficient (Wildman–Crippen LogP) is 4.09. The number of rotatable bonds is 2. The molecule has 0 atom stereocenters. The Kier molecular flexibility index (Phi) is 2.95. The van der Waals surface area contributed by atoms with Crippen molar-refractivity contribution in [2.75, 3.05) is 0 Å². The van der Waals surface area contributed by atoms with E-state index in [1.165, 1.54) is 12.0 Å². The second-order valence-electron chi connectivity index (χ2n) is 5.31. The van der Waals surface area contributed by atoms with Gasteiger partial charge in [0.2, 0.25) is 0 Å². The van der Waals surface area contributed by atoms with Crippen LogP contribution in [-0.4, -0.2) is 6.29 Å². The molecule has 0 heterocycles. The summed E-state index contributed by atoms with van der Waals surface area (Å²) in [7, 11) is 0. The Labute approximate surface area is 97.2 Å². The first kappa shape index (κ1) is 11.1. The van der Waals surface area contributed by atoms with Crippen molar-refractivity contribution in [3.8, 4) is 0 Å². The number of aldehydes is 1. The lowest BCUT2D eigenvalue weighted by Crippen LogP contribution is -2.15. The first-order valence-electron chi connectivity index (χ1n) is 5.86. The molecule has 1 aliphatic rings. The van der Waals surface area contributed by atoms with Crippen molar-refractivity contribution < 1.29 is 4.79 Å². The summed E-state index contributed by atoms with van der Waals surface area (Å²) in [4.78, 5) is 11.0. The van der Waals surface area contributed by atoms with Crippen LogP contribution in [0.25, 0.3) is 5.57 Å². The number of hydrogen-bond donors (Lipinski definition) is 0. The number of carbonyl (C=O) groups excluding carboxylic acids is 1. The standard InChI is InChI=1S/C15H18O/c1-15(2)9-5-7-12(10-15)14-8-4-3-6-13(14)11-16/h3-4,6-8,11H,5,9-10H2,1-2H3. The Bertz CT molecular complexity index is 427. The SMILES string of the molecule is CC1(C)CCC=C(c2ccccc2C=O)C1. The highest BCUT2D eigenvalue weighted by molar-refractivity contribution is 5.85. The molecule has 1 aromatic rings. The molecule has 0 amide bonds. The minimum Gasteiger partial charge on any atom is -0.298 e. The molecular weight excluding hydrogens is 196 g/mol. The van der Waals surface area contributed by atoms with Crippen LogP contribution in [0, 0.1) is 5.41 Å². The maximum atomic E-state index is 11.0. The third-order valence-electron chi connectivity index (χ3n) is 3.31. The van der Waals surface area contributed by atoms with Gasteiger partial charge in [-0.05, 0) is 35.8 Å². The van der Waals surface area contributed by atoms with E-state index < -0.39 is 0 Å². The topological polar surface area (TPSA) is 17.1 Å². The maximum absolute atomic E-state index is 11.0. The molecule has 1 aromatic carbocycles. The van der Waals surface area contributed by atoms with Crippen molar-refractivity contribution in [1.82, 2.24) is 0 Å². The summed E-state index contributed by atoms with van der Waals surface area (Å²) in [6.45, 7) is 4.59. The Morgan fingerprint density at radius 3 is 2.69 bits per heavy atom. The highest BCUT2D eigenvalue weighted by Gasteiger charge is 2.24. The largest absolute Gasteiger partial charge is 0.298 e. The van der Waals surface area contributed by atoms with E-state index >= 15 is 0 Å². The first-order valence-corrected chi connectivity index (χ1v) is 5.86. The van der Waals surface area contributed by atoms with Crippen LogP contribution < -0.4 is 0 Å². The van der Waals surface area contributed by atoms with Crippen LogP contribution in [0.1, 0.15) is 49.0 Å². The van der Waals surface area contributed by atoms with E-state index in [4.69, 9.17) is 0 Å². The first-order chi connectivity index (χ1) is 7.62. The van der Waals surface area contributed by atoms with Crippen LogP contribution in [0.4, 0.5) is 0 Å². The van der Waals surface area contributed by atoms with Gasteiger partial charge in [0.15, 0.2) is 6.29 Å². The van der Waals surface area contributed by atoms with E-state index in [2.05, 4.69) is 26.0 Å². The molecule has 0 radical (unpaired) electrons. The van der Waals surface area contributed by atoms with Gasteiger partial charge < -0.3 is 0 Å². The molecule has 0 aliphatic heterocycles. The molecule has 1 aliphatic carbocycles. The second-order valence-corrected chi connectivity index (χ2v) is 5.31. The van der Waals surface area contributed by atoms with Crippen molar-refractivity contribution in [1.29, 1.82) is 0 Å². The monoisotopic (exact) mass is 214 g/mol. The Morgan fingerprint density at radius 1 is 1.25 bits per heavy atom. The molecule has 0 spiro atoms. The molecule has 0 saturated carbocycles. The molecule has 0 fully saturated rings. The van der Waals surface area contributed by atoms with Crippen LogP contribution in [0.5, 0.6) is 0 Å². The summed E-state index contributed by atoms with van der Waals surface area (Å²) in [5.74, 6) is 0. The van der Waals surface area contributed by atoms with Crippen LogP contribution in [0.15, 0.2) is 30.3 Å². The zero-order valence-corrected chi connectivity index (χ0v) is 9.99. The molecule has 0 aromatic heterocycles. The molecule has 1 nitrogen and oxygen atoms in total. The molecule has 1 heteroatoms. The molecule has 0 bridgehead atoms. The molecule has 0 unspecified atom stereocenters. The summed E-state index contributed by atoms with van der Waals surface area (Å²) >= 11 is 0. The predicted molar refractivity (Wildman–Crippen MR) is 67.4 cm³/mol. The molecular formula is C15H18O. The Hall–Kier alpha value is -1.37. The smallest absolute Gasteiger partial charge is 0.150 e. The number of carbonyl (C=O) groups is 1. The Morgan fingerprint density at radius 2 is 2.00 bits per heavy atom. The van der Waals surface area contributed by atoms with E-state index in [0.29, 0.717) is 5.41 Å². The van der Waals surface area contributed by atoms with Gasteiger partial charge in [0.05, 0.1) is 0 Å².